The highest BCUT2D eigenvalue weighted by molar-refractivity contribution is 5.20. The van der Waals surface area contributed by atoms with E-state index in [2.05, 4.69) is 17.4 Å². The van der Waals surface area contributed by atoms with Crippen LogP contribution < -0.4 is 5.32 Å². The Kier molecular flexibility index (Phi) is 2.12. The zero-order valence-electron chi connectivity index (χ0n) is 8.42. The van der Waals surface area contributed by atoms with Gasteiger partial charge in [0.15, 0.2) is 0 Å². The summed E-state index contributed by atoms with van der Waals surface area (Å²) in [5.41, 5.74) is 2.23. The molecule has 0 amide bonds. The number of hydrogen-bond donors (Lipinski definition) is 1. The molecule has 0 saturated heterocycles. The van der Waals surface area contributed by atoms with Gasteiger partial charge in [-0.15, -0.1) is 0 Å². The zero-order valence-corrected chi connectivity index (χ0v) is 8.42. The molecule has 0 aliphatic heterocycles. The first-order valence-electron chi connectivity index (χ1n) is 4.83. The van der Waals surface area contributed by atoms with Gasteiger partial charge in [0.25, 0.3) is 0 Å². The third-order valence-electron chi connectivity index (χ3n) is 2.83. The Morgan fingerprint density at radius 3 is 2.69 bits per heavy atom. The lowest BCUT2D eigenvalue weighted by atomic mass is 10.2. The molecule has 1 aliphatic carbocycles. The van der Waals surface area contributed by atoms with E-state index in [1.807, 2.05) is 13.8 Å². The third kappa shape index (κ3) is 1.75. The Labute approximate surface area is 78.5 Å². The summed E-state index contributed by atoms with van der Waals surface area (Å²) in [6.45, 7) is 7.12. The number of aryl methyl sites for hydroxylation is 2. The predicted molar refractivity (Wildman–Crippen MR) is 50.4 cm³/mol. The van der Waals surface area contributed by atoms with Crippen LogP contribution in [0.4, 0.5) is 0 Å². The molecule has 2 unspecified atom stereocenters. The van der Waals surface area contributed by atoms with E-state index < -0.39 is 0 Å². The molecule has 0 aromatic carbocycles. The van der Waals surface area contributed by atoms with Crippen molar-refractivity contribution < 1.29 is 4.52 Å². The molecule has 0 bridgehead atoms. The van der Waals surface area contributed by atoms with Crippen molar-refractivity contribution in [3.63, 3.8) is 0 Å². The molecule has 1 aliphatic rings. The monoisotopic (exact) mass is 180 g/mol. The minimum absolute atomic E-state index is 0.716. The van der Waals surface area contributed by atoms with E-state index in [9.17, 15) is 0 Å². The Morgan fingerprint density at radius 2 is 2.23 bits per heavy atom. The minimum Gasteiger partial charge on any atom is -0.361 e. The molecule has 1 heterocycles. The van der Waals surface area contributed by atoms with Gasteiger partial charge in [-0.1, -0.05) is 12.1 Å². The van der Waals surface area contributed by atoms with Gasteiger partial charge in [0, 0.05) is 18.2 Å². The predicted octanol–water partition coefficient (Wildman–Crippen LogP) is 1.79. The van der Waals surface area contributed by atoms with Gasteiger partial charge in [0.2, 0.25) is 0 Å². The molecule has 1 saturated carbocycles. The zero-order chi connectivity index (χ0) is 9.42. The maximum atomic E-state index is 5.08. The summed E-state index contributed by atoms with van der Waals surface area (Å²) in [7, 11) is 0. The molecule has 0 spiro atoms. The molecule has 1 aromatic heterocycles. The number of nitrogens with one attached hydrogen (secondary N) is 1. The van der Waals surface area contributed by atoms with E-state index in [4.69, 9.17) is 4.52 Å². The summed E-state index contributed by atoms with van der Waals surface area (Å²) < 4.78 is 5.08. The second-order valence-corrected chi connectivity index (χ2v) is 4.00. The quantitative estimate of drug-likeness (QED) is 0.770. The molecule has 3 nitrogen and oxygen atoms in total. The van der Waals surface area contributed by atoms with Crippen molar-refractivity contribution in [1.29, 1.82) is 0 Å². The number of aromatic nitrogens is 1. The highest BCUT2D eigenvalue weighted by Crippen LogP contribution is 2.29. The second-order valence-electron chi connectivity index (χ2n) is 4.00. The summed E-state index contributed by atoms with van der Waals surface area (Å²) >= 11 is 0. The molecule has 1 N–H and O–H groups in total. The van der Waals surface area contributed by atoms with E-state index in [1.54, 1.807) is 0 Å². The van der Waals surface area contributed by atoms with Crippen LogP contribution >= 0.6 is 0 Å². The average Bonchev–Trinajstić information content (AvgIpc) is 2.69. The van der Waals surface area contributed by atoms with Gasteiger partial charge < -0.3 is 9.84 Å². The van der Waals surface area contributed by atoms with Crippen molar-refractivity contribution in [3.8, 4) is 0 Å². The molecular formula is C10H16N2O. The van der Waals surface area contributed by atoms with Crippen LogP contribution in [0, 0.1) is 19.8 Å². The summed E-state index contributed by atoms with van der Waals surface area (Å²) in [4.78, 5) is 0. The van der Waals surface area contributed by atoms with E-state index in [0.29, 0.717) is 6.04 Å². The van der Waals surface area contributed by atoms with Gasteiger partial charge in [-0.2, -0.15) is 0 Å². The lowest BCUT2D eigenvalue weighted by Gasteiger charge is -2.01. The molecule has 0 radical (unpaired) electrons. The molecule has 72 valence electrons. The van der Waals surface area contributed by atoms with Gasteiger partial charge >= 0.3 is 0 Å². The van der Waals surface area contributed by atoms with Crippen LogP contribution in [-0.4, -0.2) is 11.2 Å². The van der Waals surface area contributed by atoms with Gasteiger partial charge in [-0.05, 0) is 26.2 Å². The van der Waals surface area contributed by atoms with Crippen molar-refractivity contribution in [2.24, 2.45) is 5.92 Å². The molecule has 1 aromatic rings. The first-order valence-corrected chi connectivity index (χ1v) is 4.83. The topological polar surface area (TPSA) is 38.1 Å². The van der Waals surface area contributed by atoms with Crippen molar-refractivity contribution in [2.75, 3.05) is 0 Å². The van der Waals surface area contributed by atoms with E-state index in [1.165, 1.54) is 12.0 Å². The van der Waals surface area contributed by atoms with Crippen molar-refractivity contribution in [1.82, 2.24) is 10.5 Å². The number of hydrogen-bond acceptors (Lipinski definition) is 3. The lowest BCUT2D eigenvalue weighted by molar-refractivity contribution is 0.391. The standard InChI is InChI=1S/C10H16N2O/c1-6-4-10(6)11-5-9-7(2)12-13-8(9)3/h6,10-11H,4-5H2,1-3H3. The van der Waals surface area contributed by atoms with Gasteiger partial charge in [0.05, 0.1) is 5.69 Å². The maximum Gasteiger partial charge on any atom is 0.138 e. The lowest BCUT2D eigenvalue weighted by Crippen LogP contribution is -2.17. The molecule has 2 atom stereocenters. The third-order valence-corrected chi connectivity index (χ3v) is 2.83. The summed E-state index contributed by atoms with van der Waals surface area (Å²) in [5.74, 6) is 1.79. The Bertz CT molecular complexity index is 286. The van der Waals surface area contributed by atoms with Crippen LogP contribution in [0.2, 0.25) is 0 Å². The highest BCUT2D eigenvalue weighted by atomic mass is 16.5. The fraction of sp³-hybridized carbons (Fsp3) is 0.700. The van der Waals surface area contributed by atoms with Gasteiger partial charge in [-0.3, -0.25) is 0 Å². The Balaban J connectivity index is 1.93. The normalized spacial score (nSPS) is 26.4. The fourth-order valence-corrected chi connectivity index (χ4v) is 1.59. The summed E-state index contributed by atoms with van der Waals surface area (Å²) in [6.07, 6.45) is 1.31. The maximum absolute atomic E-state index is 5.08. The van der Waals surface area contributed by atoms with E-state index >= 15 is 0 Å². The van der Waals surface area contributed by atoms with Crippen LogP contribution in [0.3, 0.4) is 0 Å². The largest absolute Gasteiger partial charge is 0.361 e. The molecular weight excluding hydrogens is 164 g/mol. The van der Waals surface area contributed by atoms with Crippen molar-refractivity contribution in [3.05, 3.63) is 17.0 Å². The van der Waals surface area contributed by atoms with Crippen LogP contribution in [0.5, 0.6) is 0 Å². The number of nitrogens with zero attached hydrogens (tertiary/aromatic N) is 1. The van der Waals surface area contributed by atoms with E-state index in [0.717, 1.165) is 23.9 Å². The molecule has 2 rings (SSSR count). The first-order chi connectivity index (χ1) is 6.18. The van der Waals surface area contributed by atoms with Crippen LogP contribution in [-0.2, 0) is 6.54 Å². The highest BCUT2D eigenvalue weighted by Gasteiger charge is 2.32. The van der Waals surface area contributed by atoms with Crippen LogP contribution in [0.15, 0.2) is 4.52 Å². The second kappa shape index (κ2) is 3.14. The summed E-state index contributed by atoms with van der Waals surface area (Å²) in [6, 6.07) is 0.716. The first kappa shape index (κ1) is 8.75. The van der Waals surface area contributed by atoms with Crippen LogP contribution in [0.1, 0.15) is 30.4 Å². The smallest absolute Gasteiger partial charge is 0.138 e. The van der Waals surface area contributed by atoms with Gasteiger partial charge in [0.1, 0.15) is 5.76 Å². The Hall–Kier alpha value is -0.830. The van der Waals surface area contributed by atoms with Crippen molar-refractivity contribution in [2.45, 2.75) is 39.8 Å². The van der Waals surface area contributed by atoms with E-state index in [-0.39, 0.29) is 0 Å². The number of rotatable bonds is 3. The van der Waals surface area contributed by atoms with Crippen molar-refractivity contribution >= 4 is 0 Å². The van der Waals surface area contributed by atoms with Gasteiger partial charge in [-0.25, -0.2) is 0 Å². The summed E-state index contributed by atoms with van der Waals surface area (Å²) in [5, 5.41) is 7.41. The molecule has 1 fully saturated rings. The minimum atomic E-state index is 0.716. The SMILES string of the molecule is Cc1noc(C)c1CNC1CC1C. The molecule has 13 heavy (non-hydrogen) atoms. The molecule has 3 heteroatoms. The fourth-order valence-electron chi connectivity index (χ4n) is 1.59. The average molecular weight is 180 g/mol. The Morgan fingerprint density at radius 1 is 1.54 bits per heavy atom. The van der Waals surface area contributed by atoms with Crippen LogP contribution in [0.25, 0.3) is 0 Å².